The maximum absolute atomic E-state index is 11.5. The van der Waals surface area contributed by atoms with Gasteiger partial charge in [-0.2, -0.15) is 0 Å². The summed E-state index contributed by atoms with van der Waals surface area (Å²) in [7, 11) is 0. The van der Waals surface area contributed by atoms with Gasteiger partial charge in [0.15, 0.2) is 0 Å². The number of esters is 1. The molecule has 0 fully saturated rings. The van der Waals surface area contributed by atoms with Crippen LogP contribution in [0.1, 0.15) is 41.0 Å². The van der Waals surface area contributed by atoms with Crippen LogP contribution in [0.3, 0.4) is 0 Å². The maximum Gasteiger partial charge on any atom is 0.312 e. The van der Waals surface area contributed by atoms with Crippen LogP contribution in [0.4, 0.5) is 0 Å². The molecule has 0 aromatic carbocycles. The predicted molar refractivity (Wildman–Crippen MR) is 59.0 cm³/mol. The summed E-state index contributed by atoms with van der Waals surface area (Å²) in [6.45, 7) is 8.67. The highest BCUT2D eigenvalue weighted by Crippen LogP contribution is 2.15. The molecular formula is C11H23NO3. The van der Waals surface area contributed by atoms with Crippen molar-refractivity contribution >= 4 is 5.97 Å². The molecule has 4 heteroatoms. The van der Waals surface area contributed by atoms with E-state index in [1.807, 2.05) is 13.8 Å². The largest absolute Gasteiger partial charge is 0.434 e. The zero-order valence-corrected chi connectivity index (χ0v) is 10.3. The summed E-state index contributed by atoms with van der Waals surface area (Å²) in [6, 6.07) is -0.222. The summed E-state index contributed by atoms with van der Waals surface area (Å²) in [4.78, 5) is 11.5. The third-order valence-electron chi connectivity index (χ3n) is 2.11. The lowest BCUT2D eigenvalue weighted by molar-refractivity contribution is -0.199. The average Bonchev–Trinajstić information content (AvgIpc) is 1.98. The third-order valence-corrected chi connectivity index (χ3v) is 2.11. The first-order valence-electron chi connectivity index (χ1n) is 5.34. The van der Waals surface area contributed by atoms with Gasteiger partial charge >= 0.3 is 5.97 Å². The highest BCUT2D eigenvalue weighted by molar-refractivity contribution is 5.73. The van der Waals surface area contributed by atoms with E-state index in [-0.39, 0.29) is 12.0 Å². The van der Waals surface area contributed by atoms with E-state index in [9.17, 15) is 9.90 Å². The van der Waals surface area contributed by atoms with Crippen molar-refractivity contribution in [2.75, 3.05) is 0 Å². The Morgan fingerprint density at radius 3 is 2.20 bits per heavy atom. The number of rotatable bonds is 5. The minimum absolute atomic E-state index is 0.222. The van der Waals surface area contributed by atoms with Crippen LogP contribution in [-0.2, 0) is 9.53 Å². The molecule has 0 saturated carbocycles. The second-order valence-electron chi connectivity index (χ2n) is 4.95. The molecule has 0 unspecified atom stereocenters. The zero-order chi connectivity index (χ0) is 12.2. The molecule has 0 bridgehead atoms. The summed E-state index contributed by atoms with van der Waals surface area (Å²) in [6.07, 6.45) is 0.766. The number of ether oxygens (including phenoxy) is 1. The summed E-state index contributed by atoms with van der Waals surface area (Å²) in [5, 5.41) is 9.32. The standard InChI is InChI=1S/C11H23NO3/c1-7(2)6-9(12)8(3)10(13)15-11(4,5)14/h7-9,14H,6,12H2,1-5H3/t8-,9+/m0/s1. The summed E-state index contributed by atoms with van der Waals surface area (Å²) < 4.78 is 4.84. The Morgan fingerprint density at radius 2 is 1.87 bits per heavy atom. The monoisotopic (exact) mass is 217 g/mol. The van der Waals surface area contributed by atoms with Crippen molar-refractivity contribution in [3.63, 3.8) is 0 Å². The van der Waals surface area contributed by atoms with Gasteiger partial charge in [0.2, 0.25) is 5.79 Å². The lowest BCUT2D eigenvalue weighted by atomic mass is 9.94. The topological polar surface area (TPSA) is 72.6 Å². The molecule has 0 rings (SSSR count). The third kappa shape index (κ3) is 6.47. The fourth-order valence-corrected chi connectivity index (χ4v) is 1.26. The lowest BCUT2D eigenvalue weighted by Crippen LogP contribution is -2.39. The van der Waals surface area contributed by atoms with Crippen LogP contribution in [0.15, 0.2) is 0 Å². The highest BCUT2D eigenvalue weighted by Gasteiger charge is 2.27. The van der Waals surface area contributed by atoms with Crippen molar-refractivity contribution < 1.29 is 14.6 Å². The second-order valence-corrected chi connectivity index (χ2v) is 4.95. The number of carbonyl (C=O) groups is 1. The Balaban J connectivity index is 4.20. The SMILES string of the molecule is CC(C)C[C@@H](N)[C@H](C)C(=O)OC(C)(C)O. The fourth-order valence-electron chi connectivity index (χ4n) is 1.26. The fraction of sp³-hybridized carbons (Fsp3) is 0.909. The van der Waals surface area contributed by atoms with Crippen LogP contribution in [0, 0.1) is 11.8 Å². The molecule has 0 aliphatic carbocycles. The maximum atomic E-state index is 11.5. The molecule has 2 atom stereocenters. The van der Waals surface area contributed by atoms with E-state index >= 15 is 0 Å². The summed E-state index contributed by atoms with van der Waals surface area (Å²) >= 11 is 0. The first-order valence-corrected chi connectivity index (χ1v) is 5.34. The predicted octanol–water partition coefficient (Wildman–Crippen LogP) is 1.27. The van der Waals surface area contributed by atoms with Gasteiger partial charge in [-0.3, -0.25) is 4.79 Å². The molecular weight excluding hydrogens is 194 g/mol. The van der Waals surface area contributed by atoms with E-state index in [1.165, 1.54) is 13.8 Å². The van der Waals surface area contributed by atoms with Crippen LogP contribution >= 0.6 is 0 Å². The second kappa shape index (κ2) is 5.47. The lowest BCUT2D eigenvalue weighted by Gasteiger charge is -2.24. The molecule has 0 aliphatic rings. The van der Waals surface area contributed by atoms with Gasteiger partial charge in [-0.25, -0.2) is 0 Å². The minimum Gasteiger partial charge on any atom is -0.434 e. The molecule has 0 radical (unpaired) electrons. The van der Waals surface area contributed by atoms with E-state index < -0.39 is 11.8 Å². The molecule has 0 aliphatic heterocycles. The number of carbonyl (C=O) groups excluding carboxylic acids is 1. The number of hydrogen-bond acceptors (Lipinski definition) is 4. The Hall–Kier alpha value is -0.610. The molecule has 0 aromatic heterocycles. The van der Waals surface area contributed by atoms with Crippen LogP contribution in [0.5, 0.6) is 0 Å². The normalized spacial score (nSPS) is 16.3. The van der Waals surface area contributed by atoms with Crippen molar-refractivity contribution in [3.8, 4) is 0 Å². The van der Waals surface area contributed by atoms with E-state index in [0.29, 0.717) is 5.92 Å². The molecule has 0 heterocycles. The quantitative estimate of drug-likeness (QED) is 0.537. The highest BCUT2D eigenvalue weighted by atomic mass is 16.7. The Morgan fingerprint density at radius 1 is 1.40 bits per heavy atom. The zero-order valence-electron chi connectivity index (χ0n) is 10.3. The van der Waals surface area contributed by atoms with E-state index in [1.54, 1.807) is 6.92 Å². The number of nitrogens with two attached hydrogens (primary N) is 1. The average molecular weight is 217 g/mol. The molecule has 4 nitrogen and oxygen atoms in total. The molecule has 0 aromatic rings. The Bertz CT molecular complexity index is 208. The van der Waals surface area contributed by atoms with Gasteiger partial charge in [-0.1, -0.05) is 20.8 Å². The molecule has 90 valence electrons. The number of aliphatic hydroxyl groups is 1. The molecule has 0 amide bonds. The van der Waals surface area contributed by atoms with Crippen LogP contribution < -0.4 is 5.73 Å². The van der Waals surface area contributed by atoms with Crippen LogP contribution in [0.2, 0.25) is 0 Å². The van der Waals surface area contributed by atoms with Gasteiger partial charge in [0.25, 0.3) is 0 Å². The van der Waals surface area contributed by atoms with Gasteiger partial charge in [-0.05, 0) is 12.3 Å². The Kier molecular flexibility index (Phi) is 5.24. The van der Waals surface area contributed by atoms with Crippen molar-refractivity contribution in [2.45, 2.75) is 52.9 Å². The molecule has 3 N–H and O–H groups in total. The first kappa shape index (κ1) is 14.4. The van der Waals surface area contributed by atoms with Crippen molar-refractivity contribution in [3.05, 3.63) is 0 Å². The Labute approximate surface area is 91.8 Å². The van der Waals surface area contributed by atoms with E-state index in [2.05, 4.69) is 0 Å². The van der Waals surface area contributed by atoms with E-state index in [0.717, 1.165) is 6.42 Å². The summed E-state index contributed by atoms with van der Waals surface area (Å²) in [5.74, 6) is -1.82. The summed E-state index contributed by atoms with van der Waals surface area (Å²) in [5.41, 5.74) is 5.86. The van der Waals surface area contributed by atoms with Crippen molar-refractivity contribution in [2.24, 2.45) is 17.6 Å². The van der Waals surface area contributed by atoms with Gasteiger partial charge in [-0.15, -0.1) is 0 Å². The van der Waals surface area contributed by atoms with Crippen molar-refractivity contribution in [1.29, 1.82) is 0 Å². The van der Waals surface area contributed by atoms with Gasteiger partial charge < -0.3 is 15.6 Å². The number of hydrogen-bond donors (Lipinski definition) is 2. The molecule has 0 saturated heterocycles. The van der Waals surface area contributed by atoms with Gasteiger partial charge in [0.05, 0.1) is 5.92 Å². The van der Waals surface area contributed by atoms with Crippen LogP contribution in [0.25, 0.3) is 0 Å². The van der Waals surface area contributed by atoms with Gasteiger partial charge in [0.1, 0.15) is 0 Å². The van der Waals surface area contributed by atoms with Crippen molar-refractivity contribution in [1.82, 2.24) is 0 Å². The van der Waals surface area contributed by atoms with E-state index in [4.69, 9.17) is 10.5 Å². The molecule has 15 heavy (non-hydrogen) atoms. The molecule has 0 spiro atoms. The smallest absolute Gasteiger partial charge is 0.312 e. The van der Waals surface area contributed by atoms with Crippen LogP contribution in [-0.4, -0.2) is 22.9 Å². The minimum atomic E-state index is -1.43. The first-order chi connectivity index (χ1) is 6.63. The van der Waals surface area contributed by atoms with Gasteiger partial charge in [0, 0.05) is 19.9 Å².